The molecule has 0 spiro atoms. The van der Waals surface area contributed by atoms with E-state index in [2.05, 4.69) is 10.3 Å². The Labute approximate surface area is 78.6 Å². The summed E-state index contributed by atoms with van der Waals surface area (Å²) in [6.45, 7) is 1.60. The Hall–Kier alpha value is -0.730. The van der Waals surface area contributed by atoms with Crippen molar-refractivity contribution in [3.8, 4) is 0 Å². The van der Waals surface area contributed by atoms with E-state index in [-0.39, 0.29) is 0 Å². The Morgan fingerprint density at radius 2 is 2.31 bits per heavy atom. The second kappa shape index (κ2) is 2.89. The van der Waals surface area contributed by atoms with Crippen LogP contribution in [-0.4, -0.2) is 25.2 Å². The molecule has 2 fully saturated rings. The van der Waals surface area contributed by atoms with Crippen molar-refractivity contribution in [2.24, 2.45) is 16.8 Å². The monoisotopic (exact) mass is 180 g/mol. The first kappa shape index (κ1) is 7.65. The molecule has 0 radical (unpaired) electrons. The molecule has 0 amide bonds. The van der Waals surface area contributed by atoms with Crippen molar-refractivity contribution in [2.75, 3.05) is 13.2 Å². The summed E-state index contributed by atoms with van der Waals surface area (Å²) in [7, 11) is 0. The lowest BCUT2D eigenvalue weighted by Gasteiger charge is -2.22. The first-order valence-electron chi connectivity index (χ1n) is 5.35. The van der Waals surface area contributed by atoms with Gasteiger partial charge in [0.15, 0.2) is 0 Å². The summed E-state index contributed by atoms with van der Waals surface area (Å²) in [4.78, 5) is 4.27. The quantitative estimate of drug-likeness (QED) is 0.656. The molecular formula is C10H16N2O. The number of nitrogens with one attached hydrogen (secondary N) is 1. The van der Waals surface area contributed by atoms with Crippen molar-refractivity contribution < 1.29 is 4.74 Å². The van der Waals surface area contributed by atoms with E-state index in [1.807, 2.05) is 0 Å². The highest BCUT2D eigenvalue weighted by Crippen LogP contribution is 2.44. The van der Waals surface area contributed by atoms with Gasteiger partial charge >= 0.3 is 0 Å². The molecule has 0 aromatic rings. The lowest BCUT2D eigenvalue weighted by molar-refractivity contribution is 0.306. The fraction of sp³-hybridized carbons (Fsp3) is 0.900. The minimum atomic E-state index is 0.663. The van der Waals surface area contributed by atoms with Crippen molar-refractivity contribution in [1.29, 1.82) is 0 Å². The van der Waals surface area contributed by atoms with Gasteiger partial charge in [0.2, 0.25) is 0 Å². The standard InChI is InChI=1S/C10H16N2O/c1-2-8-5-7(1)6-9(8)12-10-11-3-4-13-10/h7-9H,1-6H2,(H,11,12)/t7-,8+,9-/m0/s1. The van der Waals surface area contributed by atoms with E-state index in [9.17, 15) is 0 Å². The van der Waals surface area contributed by atoms with E-state index in [0.29, 0.717) is 6.04 Å². The topological polar surface area (TPSA) is 33.6 Å². The van der Waals surface area contributed by atoms with Gasteiger partial charge in [-0.1, -0.05) is 6.42 Å². The number of ether oxygens (including phenoxy) is 1. The Morgan fingerprint density at radius 3 is 2.92 bits per heavy atom. The molecule has 3 aliphatic rings. The summed E-state index contributed by atoms with van der Waals surface area (Å²) in [5.74, 6) is 1.89. The molecule has 2 saturated carbocycles. The minimum absolute atomic E-state index is 0.663. The first-order chi connectivity index (χ1) is 6.42. The summed E-state index contributed by atoms with van der Waals surface area (Å²) >= 11 is 0. The fourth-order valence-corrected chi connectivity index (χ4v) is 3.00. The third kappa shape index (κ3) is 1.30. The molecule has 3 rings (SSSR count). The Morgan fingerprint density at radius 1 is 1.31 bits per heavy atom. The molecule has 2 bridgehead atoms. The van der Waals surface area contributed by atoms with Gasteiger partial charge in [0.25, 0.3) is 6.02 Å². The van der Waals surface area contributed by atoms with Crippen LogP contribution >= 0.6 is 0 Å². The van der Waals surface area contributed by atoms with Gasteiger partial charge in [-0.25, -0.2) is 4.99 Å². The van der Waals surface area contributed by atoms with Gasteiger partial charge in [-0.15, -0.1) is 0 Å². The van der Waals surface area contributed by atoms with E-state index < -0.39 is 0 Å². The van der Waals surface area contributed by atoms with Crippen LogP contribution in [0.5, 0.6) is 0 Å². The van der Waals surface area contributed by atoms with Crippen molar-refractivity contribution in [3.63, 3.8) is 0 Å². The number of nitrogens with zero attached hydrogens (tertiary/aromatic N) is 1. The largest absolute Gasteiger partial charge is 0.463 e. The maximum Gasteiger partial charge on any atom is 0.285 e. The summed E-state index contributed by atoms with van der Waals surface area (Å²) in [5.41, 5.74) is 0. The predicted octanol–water partition coefficient (Wildman–Crippen LogP) is 1.15. The average molecular weight is 180 g/mol. The minimum Gasteiger partial charge on any atom is -0.463 e. The lowest BCUT2D eigenvalue weighted by Crippen LogP contribution is -2.38. The van der Waals surface area contributed by atoms with E-state index in [1.165, 1.54) is 25.7 Å². The van der Waals surface area contributed by atoms with E-state index in [4.69, 9.17) is 4.74 Å². The maximum absolute atomic E-state index is 5.36. The first-order valence-corrected chi connectivity index (χ1v) is 5.35. The molecule has 1 heterocycles. The highest BCUT2D eigenvalue weighted by Gasteiger charge is 2.40. The molecule has 0 aromatic carbocycles. The van der Waals surface area contributed by atoms with Gasteiger partial charge < -0.3 is 10.1 Å². The van der Waals surface area contributed by atoms with Crippen LogP contribution in [0.1, 0.15) is 25.7 Å². The number of hydrogen-bond acceptors (Lipinski definition) is 3. The van der Waals surface area contributed by atoms with Crippen molar-refractivity contribution in [3.05, 3.63) is 0 Å². The highest BCUT2D eigenvalue weighted by molar-refractivity contribution is 5.75. The van der Waals surface area contributed by atoms with Crippen LogP contribution in [0.4, 0.5) is 0 Å². The summed E-state index contributed by atoms with van der Waals surface area (Å²) in [5, 5.41) is 3.44. The summed E-state index contributed by atoms with van der Waals surface area (Å²) in [6, 6.07) is 1.47. The Balaban J connectivity index is 1.61. The second-order valence-electron chi connectivity index (χ2n) is 4.46. The van der Waals surface area contributed by atoms with E-state index in [0.717, 1.165) is 31.0 Å². The molecule has 1 aliphatic heterocycles. The van der Waals surface area contributed by atoms with Crippen LogP contribution in [0.3, 0.4) is 0 Å². The molecule has 0 saturated heterocycles. The molecule has 3 nitrogen and oxygen atoms in total. The molecule has 1 N–H and O–H groups in total. The fourth-order valence-electron chi connectivity index (χ4n) is 3.00. The van der Waals surface area contributed by atoms with Gasteiger partial charge in [0.05, 0.1) is 6.54 Å². The zero-order chi connectivity index (χ0) is 8.67. The summed E-state index contributed by atoms with van der Waals surface area (Å²) < 4.78 is 5.36. The number of hydrogen-bond donors (Lipinski definition) is 1. The van der Waals surface area contributed by atoms with Crippen molar-refractivity contribution in [1.82, 2.24) is 5.32 Å². The van der Waals surface area contributed by atoms with Crippen molar-refractivity contribution >= 4 is 6.02 Å². The third-order valence-electron chi connectivity index (χ3n) is 3.63. The number of amidine groups is 1. The third-order valence-corrected chi connectivity index (χ3v) is 3.63. The molecule has 3 atom stereocenters. The normalized spacial score (nSPS) is 41.8. The molecule has 0 aromatic heterocycles. The second-order valence-corrected chi connectivity index (χ2v) is 4.46. The van der Waals surface area contributed by atoms with Crippen LogP contribution < -0.4 is 5.32 Å². The Bertz CT molecular complexity index is 239. The van der Waals surface area contributed by atoms with Gasteiger partial charge in [0.1, 0.15) is 6.61 Å². The maximum atomic E-state index is 5.36. The van der Waals surface area contributed by atoms with Crippen LogP contribution in [0, 0.1) is 11.8 Å². The zero-order valence-corrected chi connectivity index (χ0v) is 7.83. The SMILES string of the molecule is C1COC(N[C@H]2C[C@H]3CC[C@@H]2C3)=N1. The number of fused-ring (bicyclic) bond motifs is 2. The zero-order valence-electron chi connectivity index (χ0n) is 7.83. The predicted molar refractivity (Wildman–Crippen MR) is 50.6 cm³/mol. The summed E-state index contributed by atoms with van der Waals surface area (Å²) in [6.07, 6.45) is 5.64. The molecule has 3 heteroatoms. The van der Waals surface area contributed by atoms with E-state index >= 15 is 0 Å². The van der Waals surface area contributed by atoms with Gasteiger partial charge in [0, 0.05) is 6.04 Å². The van der Waals surface area contributed by atoms with Gasteiger partial charge in [-0.05, 0) is 31.1 Å². The van der Waals surface area contributed by atoms with Crippen LogP contribution in [-0.2, 0) is 4.74 Å². The number of rotatable bonds is 1. The van der Waals surface area contributed by atoms with Gasteiger partial charge in [-0.2, -0.15) is 0 Å². The molecule has 2 aliphatic carbocycles. The molecular weight excluding hydrogens is 164 g/mol. The average Bonchev–Trinajstić information content (AvgIpc) is 2.77. The van der Waals surface area contributed by atoms with Crippen LogP contribution in [0.25, 0.3) is 0 Å². The van der Waals surface area contributed by atoms with Gasteiger partial charge in [-0.3, -0.25) is 0 Å². The smallest absolute Gasteiger partial charge is 0.285 e. The molecule has 13 heavy (non-hydrogen) atoms. The highest BCUT2D eigenvalue weighted by atomic mass is 16.5. The van der Waals surface area contributed by atoms with Crippen molar-refractivity contribution in [2.45, 2.75) is 31.7 Å². The lowest BCUT2D eigenvalue weighted by atomic mass is 9.96. The van der Waals surface area contributed by atoms with Crippen LogP contribution in [0.15, 0.2) is 4.99 Å². The Kier molecular flexibility index (Phi) is 1.70. The van der Waals surface area contributed by atoms with Crippen LogP contribution in [0.2, 0.25) is 0 Å². The number of aliphatic imine (C=N–C) groups is 1. The van der Waals surface area contributed by atoms with E-state index in [1.54, 1.807) is 0 Å². The molecule has 72 valence electrons. The molecule has 0 unspecified atom stereocenters.